The molecule has 0 aromatic carbocycles. The Hall–Kier alpha value is -0.940. The van der Waals surface area contributed by atoms with Gasteiger partial charge in [-0.3, -0.25) is 4.79 Å². The monoisotopic (exact) mass is 201 g/mol. The highest BCUT2D eigenvalue weighted by atomic mass is 16.2. The van der Waals surface area contributed by atoms with Gasteiger partial charge in [-0.2, -0.15) is 0 Å². The molecule has 0 radical (unpaired) electrons. The molecule has 0 aliphatic carbocycles. The van der Waals surface area contributed by atoms with Gasteiger partial charge in [0.2, 0.25) is 5.91 Å². The molecule has 0 heterocycles. The van der Waals surface area contributed by atoms with Gasteiger partial charge in [-0.05, 0) is 26.4 Å². The van der Waals surface area contributed by atoms with Crippen LogP contribution in [0.2, 0.25) is 0 Å². The molecule has 0 rings (SSSR count). The minimum Gasteiger partial charge on any atom is -0.348 e. The topological polar surface area (TPSA) is 84.2 Å². The lowest BCUT2D eigenvalue weighted by atomic mass is 10.1. The van der Waals surface area contributed by atoms with Crippen molar-refractivity contribution < 1.29 is 9.59 Å². The predicted molar refractivity (Wildman–Crippen MR) is 54.8 cm³/mol. The molecule has 0 saturated heterocycles. The Balaban J connectivity index is 3.74. The van der Waals surface area contributed by atoms with E-state index in [1.165, 1.54) is 0 Å². The third-order valence-electron chi connectivity index (χ3n) is 1.97. The van der Waals surface area contributed by atoms with Gasteiger partial charge in [0.05, 0.1) is 12.6 Å². The third kappa shape index (κ3) is 5.66. The van der Waals surface area contributed by atoms with E-state index in [1.54, 1.807) is 7.05 Å². The molecule has 1 atom stereocenters. The van der Waals surface area contributed by atoms with E-state index in [9.17, 15) is 9.59 Å². The minimum absolute atomic E-state index is 0.0773. The number of amides is 1. The maximum absolute atomic E-state index is 11.4. The van der Waals surface area contributed by atoms with Crippen molar-refractivity contribution in [2.24, 2.45) is 5.73 Å². The predicted octanol–water partition coefficient (Wildman–Crippen LogP) is -0.981. The van der Waals surface area contributed by atoms with Gasteiger partial charge in [0.25, 0.3) is 0 Å². The highest BCUT2D eigenvalue weighted by Crippen LogP contribution is 1.99. The Morgan fingerprint density at radius 2 is 2.21 bits per heavy atom. The van der Waals surface area contributed by atoms with Crippen LogP contribution in [-0.4, -0.2) is 38.4 Å². The number of aldehydes is 1. The molecule has 5 heteroatoms. The van der Waals surface area contributed by atoms with E-state index < -0.39 is 0 Å². The van der Waals surface area contributed by atoms with Crippen LogP contribution >= 0.6 is 0 Å². The Morgan fingerprint density at radius 3 is 2.71 bits per heavy atom. The largest absolute Gasteiger partial charge is 0.348 e. The van der Waals surface area contributed by atoms with Crippen LogP contribution in [0, 0.1) is 0 Å². The first-order chi connectivity index (χ1) is 6.76. The number of likely N-dealkylation sites (N-methyl/N-ethyl adjacent to an activating group) is 1. The van der Waals surface area contributed by atoms with Crippen LogP contribution in [0.4, 0.5) is 0 Å². The summed E-state index contributed by atoms with van der Waals surface area (Å²) in [5.74, 6) is -0.128. The van der Waals surface area contributed by atoms with E-state index >= 15 is 0 Å². The van der Waals surface area contributed by atoms with Crippen LogP contribution < -0.4 is 16.4 Å². The van der Waals surface area contributed by atoms with Crippen LogP contribution in [0.5, 0.6) is 0 Å². The van der Waals surface area contributed by atoms with E-state index in [1.807, 2.05) is 0 Å². The van der Waals surface area contributed by atoms with Crippen molar-refractivity contribution in [3.63, 3.8) is 0 Å². The maximum atomic E-state index is 11.4. The van der Waals surface area contributed by atoms with Gasteiger partial charge in [-0.1, -0.05) is 6.42 Å². The first-order valence-corrected chi connectivity index (χ1v) is 4.85. The Labute approximate surface area is 84.4 Å². The molecule has 0 spiro atoms. The Kier molecular flexibility index (Phi) is 8.07. The number of hydrogen-bond acceptors (Lipinski definition) is 4. The summed E-state index contributed by atoms with van der Waals surface area (Å²) in [6.07, 6.45) is 3.25. The van der Waals surface area contributed by atoms with Crippen molar-refractivity contribution in [2.45, 2.75) is 25.3 Å². The average Bonchev–Trinajstić information content (AvgIpc) is 2.21. The van der Waals surface area contributed by atoms with Crippen molar-refractivity contribution in [1.82, 2.24) is 10.6 Å². The van der Waals surface area contributed by atoms with Crippen LogP contribution in [0.1, 0.15) is 19.3 Å². The zero-order chi connectivity index (χ0) is 10.8. The summed E-state index contributed by atoms with van der Waals surface area (Å²) in [6.45, 7) is 0.723. The van der Waals surface area contributed by atoms with Gasteiger partial charge < -0.3 is 21.2 Å². The fourth-order valence-corrected chi connectivity index (χ4v) is 1.16. The molecule has 4 N–H and O–H groups in total. The lowest BCUT2D eigenvalue weighted by Crippen LogP contribution is -2.43. The van der Waals surface area contributed by atoms with E-state index in [4.69, 9.17) is 5.73 Å². The minimum atomic E-state index is -0.221. The molecule has 0 aliphatic heterocycles. The summed E-state index contributed by atoms with van der Waals surface area (Å²) in [5, 5.41) is 5.41. The van der Waals surface area contributed by atoms with E-state index in [-0.39, 0.29) is 18.5 Å². The second kappa shape index (κ2) is 8.65. The Bertz CT molecular complexity index is 173. The normalized spacial score (nSPS) is 12.1. The van der Waals surface area contributed by atoms with Gasteiger partial charge >= 0.3 is 0 Å². The molecule has 1 unspecified atom stereocenters. The fourth-order valence-electron chi connectivity index (χ4n) is 1.16. The molecular formula is C9H19N3O2. The number of carbonyl (C=O) groups excluding carboxylic acids is 2. The molecule has 0 saturated carbocycles. The number of nitrogens with one attached hydrogen (secondary N) is 2. The molecule has 0 aromatic rings. The van der Waals surface area contributed by atoms with Crippen molar-refractivity contribution in [3.8, 4) is 0 Å². The molecule has 0 fully saturated rings. The summed E-state index contributed by atoms with van der Waals surface area (Å²) in [6, 6.07) is -0.221. The molecule has 0 aliphatic rings. The lowest BCUT2D eigenvalue weighted by molar-refractivity contribution is -0.124. The van der Waals surface area contributed by atoms with Gasteiger partial charge in [-0.25, -0.2) is 0 Å². The first kappa shape index (κ1) is 13.1. The summed E-state index contributed by atoms with van der Waals surface area (Å²) in [4.78, 5) is 21.4. The summed E-state index contributed by atoms with van der Waals surface area (Å²) < 4.78 is 0. The number of nitrogens with two attached hydrogens (primary N) is 1. The van der Waals surface area contributed by atoms with Crippen LogP contribution in [0.3, 0.4) is 0 Å². The molecular weight excluding hydrogens is 182 g/mol. The molecule has 0 aromatic heterocycles. The van der Waals surface area contributed by atoms with Crippen molar-refractivity contribution in [1.29, 1.82) is 0 Å². The molecule has 5 nitrogen and oxygen atoms in total. The summed E-state index contributed by atoms with van der Waals surface area (Å²) in [5.41, 5.74) is 5.35. The highest BCUT2D eigenvalue weighted by Gasteiger charge is 2.14. The number of hydrogen-bond donors (Lipinski definition) is 3. The third-order valence-corrected chi connectivity index (χ3v) is 1.97. The smallest absolute Gasteiger partial charge is 0.237 e. The zero-order valence-corrected chi connectivity index (χ0v) is 8.58. The first-order valence-electron chi connectivity index (χ1n) is 4.85. The number of rotatable bonds is 8. The standard InChI is InChI=1S/C9H19N3O2/c1-11-8(4-2-3-5-10)9(14)12-6-7-13/h7-8,11H,2-6,10H2,1H3,(H,12,14). The van der Waals surface area contributed by atoms with Gasteiger partial charge in [0.1, 0.15) is 6.29 Å². The maximum Gasteiger partial charge on any atom is 0.237 e. The molecule has 0 bridgehead atoms. The van der Waals surface area contributed by atoms with Gasteiger partial charge in [0.15, 0.2) is 0 Å². The Morgan fingerprint density at radius 1 is 1.50 bits per heavy atom. The van der Waals surface area contributed by atoms with Crippen molar-refractivity contribution >= 4 is 12.2 Å². The molecule has 14 heavy (non-hydrogen) atoms. The second-order valence-corrected chi connectivity index (χ2v) is 3.04. The second-order valence-electron chi connectivity index (χ2n) is 3.04. The van der Waals surface area contributed by atoms with E-state index in [0.29, 0.717) is 12.8 Å². The van der Waals surface area contributed by atoms with E-state index in [2.05, 4.69) is 10.6 Å². The summed E-state index contributed by atoms with van der Waals surface area (Å²) >= 11 is 0. The van der Waals surface area contributed by atoms with E-state index in [0.717, 1.165) is 19.3 Å². The van der Waals surface area contributed by atoms with Crippen molar-refractivity contribution in [2.75, 3.05) is 20.1 Å². The number of unbranched alkanes of at least 4 members (excludes halogenated alkanes) is 1. The lowest BCUT2D eigenvalue weighted by Gasteiger charge is -2.14. The van der Waals surface area contributed by atoms with Gasteiger partial charge in [0, 0.05) is 0 Å². The SMILES string of the molecule is CNC(CCCCN)C(=O)NCC=O. The quantitative estimate of drug-likeness (QED) is 0.348. The van der Waals surface area contributed by atoms with Crippen LogP contribution in [0.15, 0.2) is 0 Å². The average molecular weight is 201 g/mol. The van der Waals surface area contributed by atoms with Crippen molar-refractivity contribution in [3.05, 3.63) is 0 Å². The molecule has 82 valence electrons. The zero-order valence-electron chi connectivity index (χ0n) is 8.58. The van der Waals surface area contributed by atoms with Crippen LogP contribution in [0.25, 0.3) is 0 Å². The molecule has 1 amide bonds. The summed E-state index contributed by atoms with van der Waals surface area (Å²) in [7, 11) is 1.73. The van der Waals surface area contributed by atoms with Crippen LogP contribution in [-0.2, 0) is 9.59 Å². The number of carbonyl (C=O) groups is 2. The van der Waals surface area contributed by atoms with Gasteiger partial charge in [-0.15, -0.1) is 0 Å². The highest BCUT2D eigenvalue weighted by molar-refractivity contribution is 5.83. The fraction of sp³-hybridized carbons (Fsp3) is 0.778.